The zero-order chi connectivity index (χ0) is 18.9. The summed E-state index contributed by atoms with van der Waals surface area (Å²) in [5.41, 5.74) is 2.18. The summed E-state index contributed by atoms with van der Waals surface area (Å²) in [7, 11) is 0. The van der Waals surface area contributed by atoms with Gasteiger partial charge in [0.2, 0.25) is 0 Å². The normalized spacial score (nSPS) is 18.3. The Bertz CT molecular complexity index is 731. The van der Waals surface area contributed by atoms with E-state index in [1.165, 1.54) is 5.56 Å². The number of allylic oxidation sites excluding steroid dienone is 2. The van der Waals surface area contributed by atoms with Crippen molar-refractivity contribution in [1.29, 1.82) is 0 Å². The zero-order valence-electron chi connectivity index (χ0n) is 15.4. The molecular weight excluding hydrogens is 340 g/mol. The van der Waals surface area contributed by atoms with Gasteiger partial charge >= 0.3 is 5.97 Å². The first kappa shape index (κ1) is 19.2. The Labute approximate surface area is 160 Å². The van der Waals surface area contributed by atoms with Crippen molar-refractivity contribution in [3.63, 3.8) is 0 Å². The highest BCUT2D eigenvalue weighted by Gasteiger charge is 2.16. The quantitative estimate of drug-likeness (QED) is 0.672. The maximum Gasteiger partial charge on any atom is 0.304 e. The van der Waals surface area contributed by atoms with E-state index in [-0.39, 0.29) is 18.6 Å². The molecule has 4 nitrogen and oxygen atoms in total. The molecule has 27 heavy (non-hydrogen) atoms. The molecule has 0 amide bonds. The van der Waals surface area contributed by atoms with Gasteiger partial charge in [-0.2, -0.15) is 0 Å². The van der Waals surface area contributed by atoms with Crippen LogP contribution in [0.15, 0.2) is 66.7 Å². The number of carboxylic acids is 1. The van der Waals surface area contributed by atoms with Crippen molar-refractivity contribution in [2.75, 3.05) is 6.61 Å². The fourth-order valence-corrected chi connectivity index (χ4v) is 3.22. The molecule has 1 saturated heterocycles. The van der Waals surface area contributed by atoms with Crippen molar-refractivity contribution in [2.24, 2.45) is 0 Å². The van der Waals surface area contributed by atoms with E-state index in [1.807, 2.05) is 54.6 Å². The molecule has 0 radical (unpaired) electrons. The van der Waals surface area contributed by atoms with Crippen LogP contribution in [0.2, 0.25) is 0 Å². The third-order valence-corrected chi connectivity index (χ3v) is 4.67. The van der Waals surface area contributed by atoms with Crippen LogP contribution in [0, 0.1) is 0 Å². The number of carbonyl (C=O) groups is 1. The molecule has 0 aromatic heterocycles. The highest BCUT2D eigenvalue weighted by atomic mass is 16.7. The van der Waals surface area contributed by atoms with E-state index in [0.29, 0.717) is 0 Å². The van der Waals surface area contributed by atoms with Gasteiger partial charge in [0.1, 0.15) is 5.75 Å². The average Bonchev–Trinajstić information content (AvgIpc) is 2.69. The second-order valence-corrected chi connectivity index (χ2v) is 6.81. The third kappa shape index (κ3) is 6.26. The summed E-state index contributed by atoms with van der Waals surface area (Å²) in [6, 6.07) is 17.8. The molecule has 2 unspecified atom stereocenters. The van der Waals surface area contributed by atoms with Gasteiger partial charge < -0.3 is 14.6 Å². The van der Waals surface area contributed by atoms with Crippen molar-refractivity contribution in [2.45, 2.75) is 44.3 Å². The molecule has 0 spiro atoms. The van der Waals surface area contributed by atoms with Crippen LogP contribution < -0.4 is 4.74 Å². The summed E-state index contributed by atoms with van der Waals surface area (Å²) >= 11 is 0. The number of hydrogen-bond acceptors (Lipinski definition) is 3. The van der Waals surface area contributed by atoms with Gasteiger partial charge in [-0.1, -0.05) is 54.6 Å². The van der Waals surface area contributed by atoms with Crippen molar-refractivity contribution in [3.05, 3.63) is 77.9 Å². The number of aliphatic carboxylic acids is 1. The third-order valence-electron chi connectivity index (χ3n) is 4.67. The molecule has 1 N–H and O–H groups in total. The van der Waals surface area contributed by atoms with Gasteiger partial charge in [-0.15, -0.1) is 0 Å². The molecule has 0 bridgehead atoms. The van der Waals surface area contributed by atoms with Crippen LogP contribution >= 0.6 is 0 Å². The Balaban J connectivity index is 1.63. The van der Waals surface area contributed by atoms with Gasteiger partial charge in [0.15, 0.2) is 6.29 Å². The Hall–Kier alpha value is -2.59. The zero-order valence-corrected chi connectivity index (χ0v) is 15.4. The minimum Gasteiger partial charge on any atom is -0.481 e. The molecular formula is C23H26O4. The van der Waals surface area contributed by atoms with Crippen molar-refractivity contribution in [3.8, 4) is 5.75 Å². The maximum atomic E-state index is 11.3. The van der Waals surface area contributed by atoms with Crippen LogP contribution in [0.1, 0.15) is 42.7 Å². The number of ether oxygens (including phenoxy) is 2. The molecule has 3 rings (SSSR count). The maximum absolute atomic E-state index is 11.3. The molecule has 1 aliphatic rings. The summed E-state index contributed by atoms with van der Waals surface area (Å²) in [6.45, 7) is 0.746. The second-order valence-electron chi connectivity index (χ2n) is 6.81. The van der Waals surface area contributed by atoms with Crippen LogP contribution in [-0.2, 0) is 16.0 Å². The fourth-order valence-electron chi connectivity index (χ4n) is 3.22. The number of hydrogen-bond donors (Lipinski definition) is 1. The summed E-state index contributed by atoms with van der Waals surface area (Å²) in [5.74, 6) is -0.209. The highest BCUT2D eigenvalue weighted by Crippen LogP contribution is 2.26. The van der Waals surface area contributed by atoms with Crippen LogP contribution in [0.5, 0.6) is 5.75 Å². The minimum atomic E-state index is -0.805. The van der Waals surface area contributed by atoms with E-state index in [9.17, 15) is 9.90 Å². The predicted molar refractivity (Wildman–Crippen MR) is 105 cm³/mol. The van der Waals surface area contributed by atoms with Gasteiger partial charge in [-0.05, 0) is 42.5 Å². The summed E-state index contributed by atoms with van der Waals surface area (Å²) in [5, 5.41) is 9.26. The molecule has 142 valence electrons. The van der Waals surface area contributed by atoms with Crippen molar-refractivity contribution < 1.29 is 19.4 Å². The van der Waals surface area contributed by atoms with E-state index < -0.39 is 5.97 Å². The molecule has 1 heterocycles. The van der Waals surface area contributed by atoms with Crippen molar-refractivity contribution >= 4 is 5.97 Å². The van der Waals surface area contributed by atoms with E-state index in [1.54, 1.807) is 0 Å². The summed E-state index contributed by atoms with van der Waals surface area (Å²) in [6.07, 6.45) is 7.83. The van der Waals surface area contributed by atoms with Crippen LogP contribution in [0.25, 0.3) is 0 Å². The lowest BCUT2D eigenvalue weighted by molar-refractivity contribution is -0.137. The largest absolute Gasteiger partial charge is 0.481 e. The summed E-state index contributed by atoms with van der Waals surface area (Å²) < 4.78 is 11.4. The van der Waals surface area contributed by atoms with Gasteiger partial charge in [-0.3, -0.25) is 4.79 Å². The molecule has 1 fully saturated rings. The van der Waals surface area contributed by atoms with E-state index >= 15 is 0 Å². The van der Waals surface area contributed by atoms with E-state index in [2.05, 4.69) is 12.1 Å². The Morgan fingerprint density at radius 2 is 1.93 bits per heavy atom. The second kappa shape index (κ2) is 9.93. The SMILES string of the molecule is O=C(O)CC(/C=C/Cc1ccccc1)c1ccc(OC2CCCCO2)cc1. The van der Waals surface area contributed by atoms with Gasteiger partial charge in [0.25, 0.3) is 0 Å². The van der Waals surface area contributed by atoms with E-state index in [0.717, 1.165) is 43.6 Å². The molecule has 2 atom stereocenters. The van der Waals surface area contributed by atoms with Crippen molar-refractivity contribution in [1.82, 2.24) is 0 Å². The smallest absolute Gasteiger partial charge is 0.304 e. The Morgan fingerprint density at radius 1 is 1.15 bits per heavy atom. The first-order chi connectivity index (χ1) is 13.2. The lowest BCUT2D eigenvalue weighted by atomic mass is 9.94. The van der Waals surface area contributed by atoms with Gasteiger partial charge in [0.05, 0.1) is 13.0 Å². The van der Waals surface area contributed by atoms with Gasteiger partial charge in [-0.25, -0.2) is 0 Å². The Kier molecular flexibility index (Phi) is 7.05. The first-order valence-electron chi connectivity index (χ1n) is 9.51. The fraction of sp³-hybridized carbons (Fsp3) is 0.348. The van der Waals surface area contributed by atoms with Gasteiger partial charge in [0, 0.05) is 12.3 Å². The molecule has 2 aromatic carbocycles. The topological polar surface area (TPSA) is 55.8 Å². The van der Waals surface area contributed by atoms with Crippen LogP contribution in [0.4, 0.5) is 0 Å². The molecule has 1 aliphatic heterocycles. The molecule has 0 aliphatic carbocycles. The first-order valence-corrected chi connectivity index (χ1v) is 9.51. The monoisotopic (exact) mass is 366 g/mol. The molecule has 4 heteroatoms. The molecule has 0 saturated carbocycles. The summed E-state index contributed by atoms with van der Waals surface area (Å²) in [4.78, 5) is 11.3. The van der Waals surface area contributed by atoms with E-state index in [4.69, 9.17) is 9.47 Å². The Morgan fingerprint density at radius 3 is 2.59 bits per heavy atom. The molecule has 2 aromatic rings. The highest BCUT2D eigenvalue weighted by molar-refractivity contribution is 5.68. The lowest BCUT2D eigenvalue weighted by Crippen LogP contribution is -2.24. The number of rotatable bonds is 8. The average molecular weight is 366 g/mol. The number of benzene rings is 2. The predicted octanol–water partition coefficient (Wildman–Crippen LogP) is 4.95. The minimum absolute atomic E-state index is 0.0667. The number of carboxylic acid groups (broad SMARTS) is 1. The van der Waals surface area contributed by atoms with Crippen LogP contribution in [0.3, 0.4) is 0 Å². The lowest BCUT2D eigenvalue weighted by Gasteiger charge is -2.23. The standard InChI is InChI=1S/C23H26O4/c24-22(25)17-20(10-6-9-18-7-2-1-3-8-18)19-12-14-21(15-13-19)27-23-11-4-5-16-26-23/h1-3,6-8,10,12-15,20,23H,4-5,9,11,16-17H2,(H,24,25)/b10-6+. The van der Waals surface area contributed by atoms with Crippen LogP contribution in [-0.4, -0.2) is 24.0 Å².